The number of likely N-dealkylation sites (N-methyl/N-ethyl adjacent to an activating group) is 1. The van der Waals surface area contributed by atoms with Gasteiger partial charge in [0.25, 0.3) is 7.82 Å². The third-order valence-corrected chi connectivity index (χ3v) is 13.7. The van der Waals surface area contributed by atoms with Crippen LogP contribution in [-0.4, -0.2) is 68.5 Å². The van der Waals surface area contributed by atoms with Crippen LogP contribution in [-0.2, 0) is 18.4 Å². The molecule has 2 N–H and O–H groups in total. The molecule has 0 saturated heterocycles. The van der Waals surface area contributed by atoms with Gasteiger partial charge in [0.2, 0.25) is 5.91 Å². The fourth-order valence-electron chi connectivity index (χ4n) is 8.23. The quantitative estimate of drug-likeness (QED) is 0.0272. The highest BCUT2D eigenvalue weighted by molar-refractivity contribution is 7.45. The number of phosphoric ester groups is 1. The van der Waals surface area contributed by atoms with Crippen LogP contribution in [0.15, 0.2) is 48.6 Å². The summed E-state index contributed by atoms with van der Waals surface area (Å²) in [5.74, 6) is -0.210. The van der Waals surface area contributed by atoms with Crippen molar-refractivity contribution in [3.8, 4) is 0 Å². The molecule has 0 aliphatic heterocycles. The summed E-state index contributed by atoms with van der Waals surface area (Å²) in [6.07, 6.45) is 65.0. The Morgan fingerprint density at radius 2 is 0.851 bits per heavy atom. The Morgan fingerprint density at radius 3 is 1.25 bits per heavy atom. The number of phosphoric acid groups is 1. The molecule has 0 aromatic rings. The van der Waals surface area contributed by atoms with E-state index in [1.165, 1.54) is 193 Å². The summed E-state index contributed by atoms with van der Waals surface area (Å²) in [5.41, 5.74) is 0. The highest BCUT2D eigenvalue weighted by Gasteiger charge is 2.23. The summed E-state index contributed by atoms with van der Waals surface area (Å²) >= 11 is 0. The van der Waals surface area contributed by atoms with Crippen molar-refractivity contribution in [1.29, 1.82) is 0 Å². The topological polar surface area (TPSA) is 108 Å². The molecule has 67 heavy (non-hydrogen) atoms. The van der Waals surface area contributed by atoms with Gasteiger partial charge in [-0.15, -0.1) is 0 Å². The third kappa shape index (κ3) is 52.1. The lowest BCUT2D eigenvalue weighted by Crippen LogP contribution is -2.45. The number of aliphatic hydroxyl groups is 1. The molecule has 0 rings (SSSR count). The molecule has 0 radical (unpaired) electrons. The number of aliphatic hydroxyl groups excluding tert-OH is 1. The Hall–Kier alpha value is -1.54. The van der Waals surface area contributed by atoms with Gasteiger partial charge in [-0.05, 0) is 64.2 Å². The van der Waals surface area contributed by atoms with Crippen molar-refractivity contribution in [3.63, 3.8) is 0 Å². The van der Waals surface area contributed by atoms with Crippen LogP contribution in [0.4, 0.5) is 0 Å². The van der Waals surface area contributed by atoms with E-state index in [4.69, 9.17) is 9.05 Å². The van der Waals surface area contributed by atoms with Crippen LogP contribution in [0.5, 0.6) is 0 Å². The van der Waals surface area contributed by atoms with Crippen molar-refractivity contribution in [1.82, 2.24) is 5.32 Å². The minimum Gasteiger partial charge on any atom is -0.756 e. The van der Waals surface area contributed by atoms with E-state index in [2.05, 4.69) is 55.6 Å². The maximum atomic E-state index is 12.9. The first-order chi connectivity index (χ1) is 32.5. The number of amides is 1. The molecule has 0 spiro atoms. The maximum absolute atomic E-state index is 12.9. The van der Waals surface area contributed by atoms with Crippen LogP contribution in [0.2, 0.25) is 0 Å². The average molecular weight is 964 g/mol. The van der Waals surface area contributed by atoms with Crippen LogP contribution in [0, 0.1) is 0 Å². The van der Waals surface area contributed by atoms with Gasteiger partial charge < -0.3 is 28.8 Å². The van der Waals surface area contributed by atoms with Crippen LogP contribution in [0.1, 0.15) is 264 Å². The lowest BCUT2D eigenvalue weighted by Gasteiger charge is -2.29. The smallest absolute Gasteiger partial charge is 0.268 e. The first-order valence-corrected chi connectivity index (χ1v) is 30.0. The van der Waals surface area contributed by atoms with Crippen molar-refractivity contribution in [2.75, 3.05) is 40.9 Å². The van der Waals surface area contributed by atoms with Gasteiger partial charge in [-0.25, -0.2) is 0 Å². The predicted octanol–water partition coefficient (Wildman–Crippen LogP) is 16.5. The monoisotopic (exact) mass is 963 g/mol. The summed E-state index contributed by atoms with van der Waals surface area (Å²) in [6.45, 7) is 4.58. The van der Waals surface area contributed by atoms with E-state index in [1.807, 2.05) is 27.2 Å². The highest BCUT2D eigenvalue weighted by atomic mass is 31.2. The van der Waals surface area contributed by atoms with Crippen molar-refractivity contribution in [2.45, 2.75) is 276 Å². The van der Waals surface area contributed by atoms with Crippen molar-refractivity contribution in [2.24, 2.45) is 0 Å². The minimum atomic E-state index is -4.60. The lowest BCUT2D eigenvalue weighted by atomic mass is 10.0. The second-order valence-corrected chi connectivity index (χ2v) is 22.0. The maximum Gasteiger partial charge on any atom is 0.268 e. The van der Waals surface area contributed by atoms with E-state index in [-0.39, 0.29) is 12.5 Å². The third-order valence-electron chi connectivity index (χ3n) is 12.7. The number of rotatable bonds is 52. The minimum absolute atomic E-state index is 0.00902. The fraction of sp³-hybridized carbons (Fsp3) is 0.845. The van der Waals surface area contributed by atoms with E-state index < -0.39 is 26.6 Å². The molecule has 3 unspecified atom stereocenters. The van der Waals surface area contributed by atoms with Crippen LogP contribution < -0.4 is 10.2 Å². The largest absolute Gasteiger partial charge is 0.756 e. The second kappa shape index (κ2) is 49.4. The number of nitrogens with one attached hydrogen (secondary N) is 1. The zero-order valence-electron chi connectivity index (χ0n) is 44.9. The van der Waals surface area contributed by atoms with Gasteiger partial charge >= 0.3 is 0 Å². The molecule has 1 amide bonds. The first kappa shape index (κ1) is 65.5. The van der Waals surface area contributed by atoms with Gasteiger partial charge in [0.05, 0.1) is 39.9 Å². The number of quaternary nitrogens is 1. The molecular formula is C58H111N2O6P. The SMILES string of the molecule is CCCC/C=C/CC/C=C/CC/C=C/C(O)C(COP(=O)([O-])OCC[N+](C)(C)C)NC(=O)CCCCCCCCCCCCCCCCCCC/C=C\CCCCCCCCCCCCCC. The van der Waals surface area contributed by atoms with E-state index in [0.717, 1.165) is 51.4 Å². The predicted molar refractivity (Wildman–Crippen MR) is 288 cm³/mol. The van der Waals surface area contributed by atoms with Gasteiger partial charge in [0.1, 0.15) is 13.2 Å². The summed E-state index contributed by atoms with van der Waals surface area (Å²) < 4.78 is 23.2. The lowest BCUT2D eigenvalue weighted by molar-refractivity contribution is -0.870. The number of carbonyl (C=O) groups excluding carboxylic acids is 1. The molecule has 0 aliphatic rings. The molecule has 0 aromatic carbocycles. The molecule has 0 aliphatic carbocycles. The fourth-order valence-corrected chi connectivity index (χ4v) is 8.95. The molecule has 0 aromatic heterocycles. The summed E-state index contributed by atoms with van der Waals surface area (Å²) in [5, 5.41) is 13.8. The van der Waals surface area contributed by atoms with Crippen LogP contribution in [0.3, 0.4) is 0 Å². The van der Waals surface area contributed by atoms with Crippen LogP contribution in [0.25, 0.3) is 0 Å². The Morgan fingerprint density at radius 1 is 0.507 bits per heavy atom. The van der Waals surface area contributed by atoms with Gasteiger partial charge in [-0.3, -0.25) is 9.36 Å². The Kier molecular flexibility index (Phi) is 48.3. The molecule has 0 bridgehead atoms. The molecular weight excluding hydrogens is 852 g/mol. The zero-order chi connectivity index (χ0) is 49.2. The second-order valence-electron chi connectivity index (χ2n) is 20.6. The van der Waals surface area contributed by atoms with E-state index in [9.17, 15) is 19.4 Å². The zero-order valence-corrected chi connectivity index (χ0v) is 45.7. The van der Waals surface area contributed by atoms with E-state index in [0.29, 0.717) is 17.4 Å². The molecule has 0 heterocycles. The first-order valence-electron chi connectivity index (χ1n) is 28.5. The van der Waals surface area contributed by atoms with Gasteiger partial charge in [0, 0.05) is 6.42 Å². The summed E-state index contributed by atoms with van der Waals surface area (Å²) in [4.78, 5) is 25.4. The van der Waals surface area contributed by atoms with Gasteiger partial charge in [-0.1, -0.05) is 242 Å². The Labute approximate surface area is 416 Å². The number of unbranched alkanes of at least 4 members (excludes halogenated alkanes) is 33. The van der Waals surface area contributed by atoms with Gasteiger partial charge in [-0.2, -0.15) is 0 Å². The number of nitrogens with zero attached hydrogens (tertiary/aromatic N) is 1. The van der Waals surface area contributed by atoms with E-state index in [1.54, 1.807) is 6.08 Å². The number of hydrogen-bond acceptors (Lipinski definition) is 6. The number of allylic oxidation sites excluding steroid dienone is 7. The van der Waals surface area contributed by atoms with E-state index >= 15 is 0 Å². The van der Waals surface area contributed by atoms with Crippen molar-refractivity contribution >= 4 is 13.7 Å². The van der Waals surface area contributed by atoms with Crippen molar-refractivity contribution < 1.29 is 32.9 Å². The molecule has 0 saturated carbocycles. The standard InChI is InChI=1S/C58H111N2O6P/c1-6-8-10-12-14-16-18-20-21-22-23-24-25-26-27-28-29-30-31-32-33-34-35-36-37-38-39-40-42-44-46-48-50-52-58(62)59-56(55-66-67(63,64)65-54-53-60(3,4)5)57(61)51-49-47-45-43-41-19-17-15-13-11-9-7-2/h13,15,26-27,41,43,49,51,56-57,61H,6-12,14,16-25,28-40,42,44-48,50,52-55H2,1-5H3,(H-,59,62,63,64)/b15-13+,27-26-,43-41+,51-49+. The number of carbonyl (C=O) groups is 1. The molecule has 8 nitrogen and oxygen atoms in total. The Bertz CT molecular complexity index is 1230. The normalized spacial score (nSPS) is 14.3. The molecule has 3 atom stereocenters. The Balaban J connectivity index is 4.00. The molecule has 0 fully saturated rings. The summed E-state index contributed by atoms with van der Waals surface area (Å²) in [6, 6.07) is -0.908. The highest BCUT2D eigenvalue weighted by Crippen LogP contribution is 2.38. The van der Waals surface area contributed by atoms with Gasteiger partial charge in [0.15, 0.2) is 0 Å². The van der Waals surface area contributed by atoms with Crippen LogP contribution >= 0.6 is 7.82 Å². The van der Waals surface area contributed by atoms with Crippen molar-refractivity contribution in [3.05, 3.63) is 48.6 Å². The molecule has 394 valence electrons. The molecule has 9 heteroatoms. The number of hydrogen-bond donors (Lipinski definition) is 2. The summed E-state index contributed by atoms with van der Waals surface area (Å²) in [7, 11) is 1.24. The average Bonchev–Trinajstić information content (AvgIpc) is 3.29.